The Bertz CT molecular complexity index is 168. The van der Waals surface area contributed by atoms with Gasteiger partial charge in [-0.15, -0.1) is 0 Å². The second-order valence-electron chi connectivity index (χ2n) is 2.31. The zero-order chi connectivity index (χ0) is 7.40. The van der Waals surface area contributed by atoms with E-state index in [9.17, 15) is 0 Å². The van der Waals surface area contributed by atoms with Crippen molar-refractivity contribution in [1.82, 2.24) is 20.6 Å². The van der Waals surface area contributed by atoms with Crippen LogP contribution in [0.4, 0.5) is 0 Å². The predicted octanol–water partition coefficient (Wildman–Crippen LogP) is -0.0241. The fraction of sp³-hybridized carbons (Fsp3) is 0.500. The molecule has 0 spiro atoms. The molecule has 0 aliphatic carbocycles. The van der Waals surface area contributed by atoms with E-state index in [1.165, 1.54) is 0 Å². The summed E-state index contributed by atoms with van der Waals surface area (Å²) in [5.74, 6) is 0. The molecular weight excluding hydrogens is 128 g/mol. The van der Waals surface area contributed by atoms with Crippen LogP contribution in [-0.4, -0.2) is 29.3 Å². The minimum Gasteiger partial charge on any atom is -0.281 e. The molecule has 0 bridgehead atoms. The molecular formula is C6H12N4. The molecule has 0 radical (unpaired) electrons. The van der Waals surface area contributed by atoms with Gasteiger partial charge in [-0.1, -0.05) is 0 Å². The van der Waals surface area contributed by atoms with Crippen LogP contribution in [0, 0.1) is 0 Å². The maximum atomic E-state index is 3.82. The molecule has 0 aromatic carbocycles. The van der Waals surface area contributed by atoms with E-state index in [2.05, 4.69) is 15.6 Å². The van der Waals surface area contributed by atoms with Crippen molar-refractivity contribution in [3.8, 4) is 0 Å². The van der Waals surface area contributed by atoms with Crippen molar-refractivity contribution in [2.45, 2.75) is 6.54 Å². The molecule has 1 aromatic heterocycles. The number of aromatic amines is 1. The molecule has 0 aliphatic heterocycles. The Labute approximate surface area is 60.2 Å². The van der Waals surface area contributed by atoms with Gasteiger partial charge in [0.1, 0.15) is 0 Å². The van der Waals surface area contributed by atoms with Crippen LogP contribution >= 0.6 is 0 Å². The minimum atomic E-state index is 0.799. The molecule has 56 valence electrons. The summed E-state index contributed by atoms with van der Waals surface area (Å²) in [4.78, 5) is 0. The zero-order valence-electron chi connectivity index (χ0n) is 6.26. The maximum Gasteiger partial charge on any atom is 0.0520 e. The Balaban J connectivity index is 2.28. The van der Waals surface area contributed by atoms with Crippen LogP contribution in [0.3, 0.4) is 0 Å². The Morgan fingerprint density at radius 3 is 3.00 bits per heavy atom. The second kappa shape index (κ2) is 3.34. The van der Waals surface area contributed by atoms with Crippen LogP contribution in [0.25, 0.3) is 0 Å². The number of rotatable bonds is 3. The van der Waals surface area contributed by atoms with Gasteiger partial charge in [0.05, 0.1) is 12.2 Å². The number of nitrogens with zero attached hydrogens (tertiary/aromatic N) is 2. The molecule has 0 atom stereocenters. The van der Waals surface area contributed by atoms with Gasteiger partial charge >= 0.3 is 0 Å². The summed E-state index contributed by atoms with van der Waals surface area (Å²) in [6, 6.07) is 1.94. The van der Waals surface area contributed by atoms with Gasteiger partial charge in [0.25, 0.3) is 0 Å². The van der Waals surface area contributed by atoms with Crippen molar-refractivity contribution >= 4 is 0 Å². The summed E-state index contributed by atoms with van der Waals surface area (Å²) in [5, 5.41) is 8.57. The first-order chi connectivity index (χ1) is 4.79. The van der Waals surface area contributed by atoms with E-state index in [0.29, 0.717) is 0 Å². The molecule has 0 unspecified atom stereocenters. The number of aromatic nitrogens is 2. The van der Waals surface area contributed by atoms with Crippen LogP contribution in [0.2, 0.25) is 0 Å². The lowest BCUT2D eigenvalue weighted by molar-refractivity contribution is 0.284. The zero-order valence-corrected chi connectivity index (χ0v) is 6.26. The largest absolute Gasteiger partial charge is 0.281 e. The Morgan fingerprint density at radius 2 is 2.50 bits per heavy atom. The van der Waals surface area contributed by atoms with Gasteiger partial charge in [-0.25, -0.2) is 5.43 Å². The molecule has 10 heavy (non-hydrogen) atoms. The molecule has 0 aliphatic rings. The third-order valence-corrected chi connectivity index (χ3v) is 1.14. The number of hydrogen-bond donors (Lipinski definition) is 2. The molecule has 1 heterocycles. The van der Waals surface area contributed by atoms with Crippen molar-refractivity contribution in [1.29, 1.82) is 0 Å². The van der Waals surface area contributed by atoms with Crippen LogP contribution < -0.4 is 5.43 Å². The molecule has 4 nitrogen and oxygen atoms in total. The van der Waals surface area contributed by atoms with Crippen molar-refractivity contribution in [2.75, 3.05) is 14.1 Å². The van der Waals surface area contributed by atoms with E-state index >= 15 is 0 Å². The third kappa shape index (κ3) is 2.16. The Morgan fingerprint density at radius 1 is 1.70 bits per heavy atom. The summed E-state index contributed by atoms with van der Waals surface area (Å²) >= 11 is 0. The van der Waals surface area contributed by atoms with Gasteiger partial charge in [0.2, 0.25) is 0 Å². The molecule has 1 aromatic rings. The van der Waals surface area contributed by atoms with Gasteiger partial charge in [-0.05, 0) is 6.07 Å². The molecule has 0 saturated heterocycles. The summed E-state index contributed by atoms with van der Waals surface area (Å²) in [6.07, 6.45) is 1.74. The summed E-state index contributed by atoms with van der Waals surface area (Å²) in [7, 11) is 3.91. The van der Waals surface area contributed by atoms with Crippen molar-refractivity contribution < 1.29 is 0 Å². The van der Waals surface area contributed by atoms with Gasteiger partial charge in [-0.3, -0.25) is 10.1 Å². The van der Waals surface area contributed by atoms with E-state index < -0.39 is 0 Å². The first-order valence-electron chi connectivity index (χ1n) is 3.18. The Kier molecular flexibility index (Phi) is 2.42. The van der Waals surface area contributed by atoms with Crippen molar-refractivity contribution in [3.05, 3.63) is 18.0 Å². The monoisotopic (exact) mass is 140 g/mol. The predicted molar refractivity (Wildman–Crippen MR) is 39.1 cm³/mol. The maximum absolute atomic E-state index is 3.82. The van der Waals surface area contributed by atoms with E-state index in [1.807, 2.05) is 25.2 Å². The fourth-order valence-electron chi connectivity index (χ4n) is 0.626. The van der Waals surface area contributed by atoms with Crippen molar-refractivity contribution in [3.63, 3.8) is 0 Å². The smallest absolute Gasteiger partial charge is 0.0520 e. The molecule has 4 heteroatoms. The molecule has 1 rings (SSSR count). The minimum absolute atomic E-state index is 0.799. The van der Waals surface area contributed by atoms with E-state index in [-0.39, 0.29) is 0 Å². The SMILES string of the molecule is CN(C)NCc1ccn[nH]1. The topological polar surface area (TPSA) is 44.0 Å². The molecule has 0 saturated carbocycles. The van der Waals surface area contributed by atoms with E-state index in [0.717, 1.165) is 12.2 Å². The average Bonchev–Trinajstić information content (AvgIpc) is 2.34. The lowest BCUT2D eigenvalue weighted by atomic mass is 10.4. The highest BCUT2D eigenvalue weighted by Gasteiger charge is 1.91. The van der Waals surface area contributed by atoms with Crippen LogP contribution in [0.5, 0.6) is 0 Å². The molecule has 2 N–H and O–H groups in total. The van der Waals surface area contributed by atoms with Crippen LogP contribution in [0.15, 0.2) is 12.3 Å². The van der Waals surface area contributed by atoms with Gasteiger partial charge < -0.3 is 0 Å². The average molecular weight is 140 g/mol. The lowest BCUT2D eigenvalue weighted by Crippen LogP contribution is -2.29. The standard InChI is InChI=1S/C6H12N4/c1-10(2)8-5-6-3-4-7-9-6/h3-4,8H,5H2,1-2H3,(H,7,9). The Hall–Kier alpha value is -0.870. The van der Waals surface area contributed by atoms with Crippen LogP contribution in [-0.2, 0) is 6.54 Å². The van der Waals surface area contributed by atoms with Gasteiger partial charge in [0.15, 0.2) is 0 Å². The summed E-state index contributed by atoms with van der Waals surface area (Å²) in [5.41, 5.74) is 4.20. The second-order valence-corrected chi connectivity index (χ2v) is 2.31. The highest BCUT2D eigenvalue weighted by atomic mass is 15.5. The lowest BCUT2D eigenvalue weighted by Gasteiger charge is -2.09. The van der Waals surface area contributed by atoms with Crippen molar-refractivity contribution in [2.24, 2.45) is 0 Å². The third-order valence-electron chi connectivity index (χ3n) is 1.14. The first-order valence-corrected chi connectivity index (χ1v) is 3.18. The number of nitrogens with one attached hydrogen (secondary N) is 2. The van der Waals surface area contributed by atoms with E-state index in [4.69, 9.17) is 0 Å². The first kappa shape index (κ1) is 7.24. The fourth-order valence-corrected chi connectivity index (χ4v) is 0.626. The highest BCUT2D eigenvalue weighted by Crippen LogP contribution is 1.88. The van der Waals surface area contributed by atoms with Crippen LogP contribution in [0.1, 0.15) is 5.69 Å². The van der Waals surface area contributed by atoms with E-state index in [1.54, 1.807) is 6.20 Å². The molecule has 0 fully saturated rings. The number of hydrazine groups is 1. The number of hydrogen-bond acceptors (Lipinski definition) is 3. The normalized spacial score (nSPS) is 10.7. The highest BCUT2D eigenvalue weighted by molar-refractivity contribution is 4.95. The number of H-pyrrole nitrogens is 1. The molecule has 0 amide bonds. The van der Waals surface area contributed by atoms with Gasteiger partial charge in [0, 0.05) is 20.3 Å². The summed E-state index contributed by atoms with van der Waals surface area (Å²) in [6.45, 7) is 0.799. The quantitative estimate of drug-likeness (QED) is 0.580. The summed E-state index contributed by atoms with van der Waals surface area (Å²) < 4.78 is 0. The van der Waals surface area contributed by atoms with Gasteiger partial charge in [-0.2, -0.15) is 5.10 Å².